The maximum absolute atomic E-state index is 12.3. The lowest BCUT2D eigenvalue weighted by molar-refractivity contribution is -0.0498. The molecule has 9 heteroatoms. The third-order valence-corrected chi connectivity index (χ3v) is 5.23. The van der Waals surface area contributed by atoms with Gasteiger partial charge in [0.2, 0.25) is 0 Å². The van der Waals surface area contributed by atoms with Gasteiger partial charge in [-0.3, -0.25) is 4.98 Å². The fourth-order valence-electron chi connectivity index (χ4n) is 3.48. The Morgan fingerprint density at radius 3 is 2.26 bits per heavy atom. The predicted molar refractivity (Wildman–Crippen MR) is 129 cm³/mol. The van der Waals surface area contributed by atoms with E-state index in [1.54, 1.807) is 50.7 Å². The number of hydrogen-bond acceptors (Lipinski definition) is 5. The van der Waals surface area contributed by atoms with Gasteiger partial charge in [-0.2, -0.15) is 8.78 Å². The minimum Gasteiger partial charge on any atom is -0.497 e. The molecule has 180 valence electrons. The Morgan fingerprint density at radius 1 is 0.886 bits per heavy atom. The van der Waals surface area contributed by atoms with Crippen molar-refractivity contribution in [3.8, 4) is 28.4 Å². The van der Waals surface area contributed by atoms with Gasteiger partial charge in [-0.1, -0.05) is 18.2 Å². The van der Waals surface area contributed by atoms with E-state index in [0.29, 0.717) is 17.2 Å². The van der Waals surface area contributed by atoms with E-state index in [0.717, 1.165) is 27.6 Å². The number of benzene rings is 3. The standard InChI is InChI=1S/C26H23F2N3O4/c1-33-22-10-18(11-23(13-22)34-2)19-9-17-5-6-20(12-24(17)29-15-19)31-26(32)30-14-16-3-7-21(8-4-16)35-25(27)28/h3-13,15,25H,14H2,1-2H3,(H2,30,31,32). The zero-order valence-corrected chi connectivity index (χ0v) is 19.0. The zero-order chi connectivity index (χ0) is 24.8. The number of nitrogens with one attached hydrogen (secondary N) is 2. The van der Waals surface area contributed by atoms with Crippen molar-refractivity contribution in [1.82, 2.24) is 10.3 Å². The second kappa shape index (κ2) is 10.7. The third kappa shape index (κ3) is 6.14. The molecule has 2 amide bonds. The molecule has 0 bridgehead atoms. The highest BCUT2D eigenvalue weighted by molar-refractivity contribution is 5.93. The molecule has 0 atom stereocenters. The van der Waals surface area contributed by atoms with Crippen LogP contribution in [0.1, 0.15) is 5.56 Å². The molecular formula is C26H23F2N3O4. The summed E-state index contributed by atoms with van der Waals surface area (Å²) >= 11 is 0. The Labute approximate surface area is 200 Å². The largest absolute Gasteiger partial charge is 0.497 e. The van der Waals surface area contributed by atoms with Crippen molar-refractivity contribution < 1.29 is 27.8 Å². The van der Waals surface area contributed by atoms with Crippen molar-refractivity contribution in [2.24, 2.45) is 0 Å². The monoisotopic (exact) mass is 479 g/mol. The van der Waals surface area contributed by atoms with E-state index < -0.39 is 12.6 Å². The summed E-state index contributed by atoms with van der Waals surface area (Å²) < 4.78 is 39.5. The summed E-state index contributed by atoms with van der Waals surface area (Å²) in [6, 6.07) is 18.7. The van der Waals surface area contributed by atoms with Crippen LogP contribution in [0.3, 0.4) is 0 Å². The van der Waals surface area contributed by atoms with Crippen LogP contribution in [0.25, 0.3) is 22.0 Å². The number of urea groups is 1. The van der Waals surface area contributed by atoms with Gasteiger partial charge in [0.1, 0.15) is 17.2 Å². The number of carbonyl (C=O) groups is 1. The van der Waals surface area contributed by atoms with Crippen molar-refractivity contribution in [2.45, 2.75) is 13.2 Å². The van der Waals surface area contributed by atoms with Gasteiger partial charge in [-0.05, 0) is 53.6 Å². The summed E-state index contributed by atoms with van der Waals surface area (Å²) in [7, 11) is 3.20. The Bertz CT molecular complexity index is 1310. The number of fused-ring (bicyclic) bond motifs is 1. The van der Waals surface area contributed by atoms with E-state index in [-0.39, 0.29) is 12.3 Å². The molecular weight excluding hydrogens is 456 g/mol. The topological polar surface area (TPSA) is 81.7 Å². The molecule has 0 fully saturated rings. The normalized spacial score (nSPS) is 10.8. The molecule has 0 aliphatic carbocycles. The van der Waals surface area contributed by atoms with E-state index in [1.165, 1.54) is 12.1 Å². The number of anilines is 1. The number of ether oxygens (including phenoxy) is 3. The molecule has 35 heavy (non-hydrogen) atoms. The number of nitrogens with zero attached hydrogens (tertiary/aromatic N) is 1. The van der Waals surface area contributed by atoms with Crippen LogP contribution in [0.4, 0.5) is 19.3 Å². The van der Waals surface area contributed by atoms with Crippen LogP contribution in [-0.4, -0.2) is 31.8 Å². The van der Waals surface area contributed by atoms with Gasteiger partial charge >= 0.3 is 12.6 Å². The SMILES string of the molecule is COc1cc(OC)cc(-c2cnc3cc(NC(=O)NCc4ccc(OC(F)F)cc4)ccc3c2)c1. The molecule has 0 unspecified atom stereocenters. The van der Waals surface area contributed by atoms with Crippen LogP contribution >= 0.6 is 0 Å². The highest BCUT2D eigenvalue weighted by Gasteiger charge is 2.09. The number of hydrogen-bond donors (Lipinski definition) is 2. The molecule has 0 aliphatic heterocycles. The minimum absolute atomic E-state index is 0.0607. The van der Waals surface area contributed by atoms with Gasteiger partial charge in [-0.15, -0.1) is 0 Å². The summed E-state index contributed by atoms with van der Waals surface area (Å²) in [6.45, 7) is -2.65. The van der Waals surface area contributed by atoms with E-state index in [4.69, 9.17) is 9.47 Å². The smallest absolute Gasteiger partial charge is 0.387 e. The van der Waals surface area contributed by atoms with E-state index in [1.807, 2.05) is 24.3 Å². The average molecular weight is 479 g/mol. The Kier molecular flexibility index (Phi) is 7.25. The van der Waals surface area contributed by atoms with Crippen LogP contribution in [0.15, 0.2) is 72.9 Å². The van der Waals surface area contributed by atoms with Crippen LogP contribution in [0.2, 0.25) is 0 Å². The van der Waals surface area contributed by atoms with Crippen molar-refractivity contribution >= 4 is 22.6 Å². The lowest BCUT2D eigenvalue weighted by Gasteiger charge is -2.11. The van der Waals surface area contributed by atoms with E-state index in [9.17, 15) is 13.6 Å². The Hall–Kier alpha value is -4.40. The van der Waals surface area contributed by atoms with Crippen molar-refractivity contribution in [1.29, 1.82) is 0 Å². The number of alkyl halides is 2. The molecule has 0 spiro atoms. The van der Waals surface area contributed by atoms with Crippen molar-refractivity contribution in [2.75, 3.05) is 19.5 Å². The van der Waals surface area contributed by atoms with Gasteiger partial charge in [0, 0.05) is 35.4 Å². The Balaban J connectivity index is 1.41. The second-order valence-electron chi connectivity index (χ2n) is 7.56. The van der Waals surface area contributed by atoms with Gasteiger partial charge in [-0.25, -0.2) is 4.79 Å². The number of halogens is 2. The van der Waals surface area contributed by atoms with Crippen LogP contribution < -0.4 is 24.8 Å². The van der Waals surface area contributed by atoms with E-state index >= 15 is 0 Å². The number of pyridine rings is 1. The molecule has 0 saturated heterocycles. The number of methoxy groups -OCH3 is 2. The van der Waals surface area contributed by atoms with Crippen LogP contribution in [-0.2, 0) is 6.54 Å². The Morgan fingerprint density at radius 2 is 1.60 bits per heavy atom. The molecule has 0 radical (unpaired) electrons. The van der Waals surface area contributed by atoms with Gasteiger partial charge in [0.25, 0.3) is 0 Å². The summed E-state index contributed by atoms with van der Waals surface area (Å²) in [4.78, 5) is 16.8. The number of amides is 2. The molecule has 4 aromatic rings. The maximum atomic E-state index is 12.3. The number of carbonyl (C=O) groups excluding carboxylic acids is 1. The first-order valence-electron chi connectivity index (χ1n) is 10.7. The molecule has 2 N–H and O–H groups in total. The first-order chi connectivity index (χ1) is 16.9. The number of aromatic nitrogens is 1. The highest BCUT2D eigenvalue weighted by atomic mass is 19.3. The zero-order valence-electron chi connectivity index (χ0n) is 19.0. The van der Waals surface area contributed by atoms with Crippen molar-refractivity contribution in [3.63, 3.8) is 0 Å². The first-order valence-corrected chi connectivity index (χ1v) is 10.7. The summed E-state index contributed by atoms with van der Waals surface area (Å²) in [5, 5.41) is 6.40. The van der Waals surface area contributed by atoms with Gasteiger partial charge < -0.3 is 24.8 Å². The molecule has 1 heterocycles. The fraction of sp³-hybridized carbons (Fsp3) is 0.154. The summed E-state index contributed by atoms with van der Waals surface area (Å²) in [5.41, 5.74) is 3.85. The average Bonchev–Trinajstić information content (AvgIpc) is 2.87. The lowest BCUT2D eigenvalue weighted by atomic mass is 10.0. The third-order valence-electron chi connectivity index (χ3n) is 5.23. The summed E-state index contributed by atoms with van der Waals surface area (Å²) in [5.74, 6) is 1.43. The van der Waals surface area contributed by atoms with Crippen LogP contribution in [0.5, 0.6) is 17.2 Å². The molecule has 1 aromatic heterocycles. The quantitative estimate of drug-likeness (QED) is 0.332. The maximum Gasteiger partial charge on any atom is 0.387 e. The molecule has 0 saturated carbocycles. The van der Waals surface area contributed by atoms with Gasteiger partial charge in [0.15, 0.2) is 0 Å². The minimum atomic E-state index is -2.88. The first kappa shape index (κ1) is 23.7. The second-order valence-corrected chi connectivity index (χ2v) is 7.56. The van der Waals surface area contributed by atoms with Gasteiger partial charge in [0.05, 0.1) is 19.7 Å². The fourth-order valence-corrected chi connectivity index (χ4v) is 3.48. The predicted octanol–water partition coefficient (Wildman–Crippen LogP) is 5.84. The number of rotatable bonds is 8. The molecule has 4 rings (SSSR count). The molecule has 0 aliphatic rings. The van der Waals surface area contributed by atoms with Crippen LogP contribution in [0, 0.1) is 0 Å². The molecule has 7 nitrogen and oxygen atoms in total. The van der Waals surface area contributed by atoms with E-state index in [2.05, 4.69) is 20.4 Å². The van der Waals surface area contributed by atoms with Crippen molar-refractivity contribution in [3.05, 3.63) is 78.5 Å². The lowest BCUT2D eigenvalue weighted by Crippen LogP contribution is -2.28. The molecule has 3 aromatic carbocycles. The summed E-state index contributed by atoms with van der Waals surface area (Å²) in [6.07, 6.45) is 1.75. The highest BCUT2D eigenvalue weighted by Crippen LogP contribution is 2.31.